The Morgan fingerprint density at radius 3 is 2.47 bits per heavy atom. The van der Waals surface area contributed by atoms with Crippen LogP contribution in [-0.4, -0.2) is 21.4 Å². The third-order valence-corrected chi connectivity index (χ3v) is 3.31. The molecular weight excluding hydrogens is 238 g/mol. The molecule has 0 aromatic heterocycles. The topological polar surface area (TPSA) is 63.2 Å². The van der Waals surface area contributed by atoms with Crippen molar-refractivity contribution in [1.29, 1.82) is 0 Å². The number of carbonyl (C=O) groups excluding carboxylic acids is 1. The number of nitrogens with one attached hydrogen (secondary N) is 1. The van der Waals surface area contributed by atoms with Gasteiger partial charge in [0, 0.05) is 23.3 Å². The van der Waals surface area contributed by atoms with Gasteiger partial charge in [-0.05, 0) is 24.6 Å². The third-order valence-electron chi connectivity index (χ3n) is 1.96. The Kier molecular flexibility index (Phi) is 3.36. The van der Waals surface area contributed by atoms with Gasteiger partial charge in [-0.1, -0.05) is 6.07 Å². The lowest BCUT2D eigenvalue weighted by atomic mass is 10.1. The Morgan fingerprint density at radius 1 is 1.40 bits per heavy atom. The molecule has 15 heavy (non-hydrogen) atoms. The summed E-state index contributed by atoms with van der Waals surface area (Å²) in [7, 11) is 2.86. The molecule has 1 aromatic carbocycles. The summed E-state index contributed by atoms with van der Waals surface area (Å²) in [5.74, 6) is -0.338. The van der Waals surface area contributed by atoms with E-state index in [0.29, 0.717) is 11.1 Å². The van der Waals surface area contributed by atoms with E-state index in [1.165, 1.54) is 19.2 Å². The Balaban J connectivity index is 3.36. The first-order valence-electron chi connectivity index (χ1n) is 4.13. The zero-order valence-electron chi connectivity index (χ0n) is 8.24. The maximum atomic E-state index is 11.4. The lowest BCUT2D eigenvalue weighted by Crippen LogP contribution is -2.19. The van der Waals surface area contributed by atoms with Crippen LogP contribution in [0, 0.1) is 6.92 Å². The number of carbonyl (C=O) groups is 1. The quantitative estimate of drug-likeness (QED) is 0.801. The summed E-state index contributed by atoms with van der Waals surface area (Å²) in [6.07, 6.45) is 0. The highest BCUT2D eigenvalue weighted by atomic mass is 35.7. The molecule has 0 saturated heterocycles. The van der Waals surface area contributed by atoms with Crippen molar-refractivity contribution in [3.63, 3.8) is 0 Å². The molecule has 0 aliphatic rings. The normalized spacial score (nSPS) is 11.1. The van der Waals surface area contributed by atoms with Crippen LogP contribution in [0.3, 0.4) is 0 Å². The lowest BCUT2D eigenvalue weighted by Gasteiger charge is -2.05. The molecule has 0 radical (unpaired) electrons. The van der Waals surface area contributed by atoms with Crippen LogP contribution < -0.4 is 5.32 Å². The van der Waals surface area contributed by atoms with Crippen molar-refractivity contribution >= 4 is 25.6 Å². The number of amides is 1. The van der Waals surface area contributed by atoms with E-state index in [9.17, 15) is 13.2 Å². The minimum Gasteiger partial charge on any atom is -0.355 e. The fourth-order valence-corrected chi connectivity index (χ4v) is 1.91. The second-order valence-corrected chi connectivity index (χ2v) is 5.56. The first-order chi connectivity index (χ1) is 6.86. The van der Waals surface area contributed by atoms with Crippen molar-refractivity contribution < 1.29 is 13.2 Å². The fraction of sp³-hybridized carbons (Fsp3) is 0.222. The minimum absolute atomic E-state index is 0.0756. The monoisotopic (exact) mass is 247 g/mol. The number of hydrogen-bond acceptors (Lipinski definition) is 3. The average molecular weight is 248 g/mol. The van der Waals surface area contributed by atoms with E-state index in [2.05, 4.69) is 5.32 Å². The average Bonchev–Trinajstić information content (AvgIpc) is 2.15. The van der Waals surface area contributed by atoms with Crippen LogP contribution in [0.15, 0.2) is 23.1 Å². The van der Waals surface area contributed by atoms with E-state index >= 15 is 0 Å². The number of benzene rings is 1. The van der Waals surface area contributed by atoms with Gasteiger partial charge in [0.2, 0.25) is 0 Å². The smallest absolute Gasteiger partial charge is 0.261 e. The van der Waals surface area contributed by atoms with Crippen LogP contribution in [0.1, 0.15) is 15.9 Å². The summed E-state index contributed by atoms with van der Waals surface area (Å²) in [5.41, 5.74) is 0.998. The minimum atomic E-state index is -3.79. The largest absolute Gasteiger partial charge is 0.355 e. The highest BCUT2D eigenvalue weighted by Crippen LogP contribution is 2.18. The van der Waals surface area contributed by atoms with E-state index in [4.69, 9.17) is 10.7 Å². The summed E-state index contributed by atoms with van der Waals surface area (Å²) < 4.78 is 22.1. The predicted molar refractivity (Wildman–Crippen MR) is 57.6 cm³/mol. The molecule has 1 rings (SSSR count). The highest BCUT2D eigenvalue weighted by molar-refractivity contribution is 8.13. The van der Waals surface area contributed by atoms with Crippen molar-refractivity contribution in [2.75, 3.05) is 7.05 Å². The van der Waals surface area contributed by atoms with Crippen molar-refractivity contribution in [3.05, 3.63) is 29.3 Å². The van der Waals surface area contributed by atoms with Crippen molar-refractivity contribution in [3.8, 4) is 0 Å². The molecule has 0 aliphatic carbocycles. The summed E-state index contributed by atoms with van der Waals surface area (Å²) in [5, 5.41) is 2.42. The van der Waals surface area contributed by atoms with Crippen molar-refractivity contribution in [2.45, 2.75) is 11.8 Å². The molecule has 4 nitrogen and oxygen atoms in total. The van der Waals surface area contributed by atoms with Crippen LogP contribution in [0.25, 0.3) is 0 Å². The van der Waals surface area contributed by atoms with Gasteiger partial charge in [-0.2, -0.15) is 0 Å². The first kappa shape index (κ1) is 12.0. The molecule has 0 spiro atoms. The molecule has 0 aliphatic heterocycles. The van der Waals surface area contributed by atoms with E-state index < -0.39 is 9.05 Å². The predicted octanol–water partition coefficient (Wildman–Crippen LogP) is 1.28. The van der Waals surface area contributed by atoms with Crippen LogP contribution >= 0.6 is 10.7 Å². The van der Waals surface area contributed by atoms with Crippen molar-refractivity contribution in [1.82, 2.24) is 5.32 Å². The summed E-state index contributed by atoms with van der Waals surface area (Å²) in [6.45, 7) is 1.72. The van der Waals surface area contributed by atoms with E-state index in [0.717, 1.165) is 0 Å². The van der Waals surface area contributed by atoms with Gasteiger partial charge in [-0.15, -0.1) is 0 Å². The van der Waals surface area contributed by atoms with Gasteiger partial charge in [-0.3, -0.25) is 4.79 Å². The van der Waals surface area contributed by atoms with Gasteiger partial charge in [0.05, 0.1) is 4.90 Å². The molecule has 0 atom stereocenters. The van der Waals surface area contributed by atoms with Gasteiger partial charge in [0.15, 0.2) is 0 Å². The summed E-state index contributed by atoms with van der Waals surface area (Å²) in [4.78, 5) is 11.3. The standard InChI is InChI=1S/C9H10ClNO3S/c1-6-3-4-7(15(10,13)14)5-8(6)9(12)11-2/h3-5H,1-2H3,(H,11,12). The number of halogens is 1. The van der Waals surface area contributed by atoms with E-state index in [-0.39, 0.29) is 10.8 Å². The summed E-state index contributed by atoms with van der Waals surface area (Å²) in [6, 6.07) is 4.17. The molecule has 0 unspecified atom stereocenters. The second-order valence-electron chi connectivity index (χ2n) is 2.99. The molecule has 6 heteroatoms. The first-order valence-corrected chi connectivity index (χ1v) is 6.44. The molecule has 82 valence electrons. The number of rotatable bonds is 2. The maximum Gasteiger partial charge on any atom is 0.261 e. The van der Waals surface area contributed by atoms with Gasteiger partial charge in [0.25, 0.3) is 15.0 Å². The highest BCUT2D eigenvalue weighted by Gasteiger charge is 2.14. The van der Waals surface area contributed by atoms with Gasteiger partial charge in [0.1, 0.15) is 0 Å². The lowest BCUT2D eigenvalue weighted by molar-refractivity contribution is 0.0962. The van der Waals surface area contributed by atoms with Crippen molar-refractivity contribution in [2.24, 2.45) is 0 Å². The van der Waals surface area contributed by atoms with Crippen LogP contribution in [0.2, 0.25) is 0 Å². The molecule has 1 N–H and O–H groups in total. The Morgan fingerprint density at radius 2 is 2.00 bits per heavy atom. The van der Waals surface area contributed by atoms with Crippen LogP contribution in [-0.2, 0) is 9.05 Å². The molecule has 1 amide bonds. The van der Waals surface area contributed by atoms with Gasteiger partial charge in [-0.25, -0.2) is 8.42 Å². The molecule has 1 aromatic rings. The Hall–Kier alpha value is -1.07. The third kappa shape index (κ3) is 2.70. The van der Waals surface area contributed by atoms with Crippen LogP contribution in [0.4, 0.5) is 0 Å². The zero-order chi connectivity index (χ0) is 11.6. The van der Waals surface area contributed by atoms with Gasteiger partial charge >= 0.3 is 0 Å². The second kappa shape index (κ2) is 4.20. The van der Waals surface area contributed by atoms with Gasteiger partial charge < -0.3 is 5.32 Å². The maximum absolute atomic E-state index is 11.4. The fourth-order valence-electron chi connectivity index (χ4n) is 1.13. The Labute approximate surface area is 92.7 Å². The molecule has 0 heterocycles. The SMILES string of the molecule is CNC(=O)c1cc(S(=O)(=O)Cl)ccc1C. The molecule has 0 fully saturated rings. The number of aryl methyl sites for hydroxylation is 1. The van der Waals surface area contributed by atoms with E-state index in [1.54, 1.807) is 13.0 Å². The summed E-state index contributed by atoms with van der Waals surface area (Å²) >= 11 is 0. The zero-order valence-corrected chi connectivity index (χ0v) is 9.82. The van der Waals surface area contributed by atoms with Crippen LogP contribution in [0.5, 0.6) is 0 Å². The molecule has 0 saturated carbocycles. The van der Waals surface area contributed by atoms with E-state index in [1.807, 2.05) is 0 Å². The molecule has 0 bridgehead atoms. The number of hydrogen-bond donors (Lipinski definition) is 1. The Bertz CT molecular complexity index is 496. The molecular formula is C9H10ClNO3S.